The minimum Gasteiger partial charge on any atom is -0.466 e. The highest BCUT2D eigenvalue weighted by atomic mass is 32.2. The summed E-state index contributed by atoms with van der Waals surface area (Å²) in [5, 5.41) is 9.39. The summed E-state index contributed by atoms with van der Waals surface area (Å²) >= 11 is 0. The van der Waals surface area contributed by atoms with Gasteiger partial charge in [-0.2, -0.15) is 17.4 Å². The number of esters is 1. The van der Waals surface area contributed by atoms with Gasteiger partial charge in [0, 0.05) is 19.6 Å². The molecule has 1 aliphatic rings. The molecule has 8 heteroatoms. The molecule has 1 saturated heterocycles. The van der Waals surface area contributed by atoms with Gasteiger partial charge in [0.2, 0.25) is 0 Å². The van der Waals surface area contributed by atoms with Gasteiger partial charge < -0.3 is 9.84 Å². The molecular weight excluding hydrogens is 284 g/mol. The van der Waals surface area contributed by atoms with Crippen LogP contribution in [0.2, 0.25) is 0 Å². The zero-order valence-electron chi connectivity index (χ0n) is 12.0. The monoisotopic (exact) mass is 308 g/mol. The Labute approximate surface area is 120 Å². The molecule has 118 valence electrons. The van der Waals surface area contributed by atoms with Gasteiger partial charge in [-0.25, -0.2) is 0 Å². The zero-order chi connectivity index (χ0) is 15.2. The number of hydrogen-bond acceptors (Lipinski definition) is 5. The van der Waals surface area contributed by atoms with Crippen LogP contribution in [-0.4, -0.2) is 56.1 Å². The SMILES string of the molecule is CCOC(=O)C1CCN(S(=O)(=O)NCC(O)CC)CC1. The number of aliphatic hydroxyl groups is 1. The highest BCUT2D eigenvalue weighted by molar-refractivity contribution is 7.87. The molecule has 0 aromatic heterocycles. The van der Waals surface area contributed by atoms with Crippen molar-refractivity contribution in [1.82, 2.24) is 9.03 Å². The van der Waals surface area contributed by atoms with Crippen molar-refractivity contribution in [2.75, 3.05) is 26.2 Å². The average Bonchev–Trinajstić information content (AvgIpc) is 2.45. The topological polar surface area (TPSA) is 95.9 Å². The van der Waals surface area contributed by atoms with Crippen LogP contribution in [0.15, 0.2) is 0 Å². The maximum absolute atomic E-state index is 12.0. The normalized spacial score (nSPS) is 19.8. The number of aliphatic hydroxyl groups excluding tert-OH is 1. The van der Waals surface area contributed by atoms with Gasteiger partial charge in [0.1, 0.15) is 0 Å². The Hall–Kier alpha value is -0.700. The molecule has 0 radical (unpaired) electrons. The molecule has 2 N–H and O–H groups in total. The first kappa shape index (κ1) is 17.4. The number of nitrogens with zero attached hydrogens (tertiary/aromatic N) is 1. The molecule has 0 aliphatic carbocycles. The van der Waals surface area contributed by atoms with Crippen molar-refractivity contribution >= 4 is 16.2 Å². The van der Waals surface area contributed by atoms with Crippen LogP contribution in [0.25, 0.3) is 0 Å². The summed E-state index contributed by atoms with van der Waals surface area (Å²) in [6.07, 6.45) is 0.751. The molecular formula is C12H24N2O5S. The van der Waals surface area contributed by atoms with Crippen LogP contribution in [0, 0.1) is 5.92 Å². The van der Waals surface area contributed by atoms with Crippen LogP contribution in [0.3, 0.4) is 0 Å². The van der Waals surface area contributed by atoms with E-state index in [1.165, 1.54) is 4.31 Å². The van der Waals surface area contributed by atoms with Crippen molar-refractivity contribution in [3.8, 4) is 0 Å². The number of carbonyl (C=O) groups excluding carboxylic acids is 1. The summed E-state index contributed by atoms with van der Waals surface area (Å²) in [4.78, 5) is 11.6. The van der Waals surface area contributed by atoms with Crippen molar-refractivity contribution in [2.24, 2.45) is 5.92 Å². The minimum atomic E-state index is -3.58. The lowest BCUT2D eigenvalue weighted by atomic mass is 9.98. The molecule has 1 heterocycles. The molecule has 0 amide bonds. The van der Waals surface area contributed by atoms with E-state index in [1.54, 1.807) is 13.8 Å². The van der Waals surface area contributed by atoms with E-state index < -0.39 is 16.3 Å². The van der Waals surface area contributed by atoms with E-state index in [-0.39, 0.29) is 18.4 Å². The average molecular weight is 308 g/mol. The molecule has 1 rings (SSSR count). The first-order chi connectivity index (χ1) is 9.40. The molecule has 1 aliphatic heterocycles. The smallest absolute Gasteiger partial charge is 0.309 e. The second kappa shape index (κ2) is 7.92. The number of rotatable bonds is 7. The maximum Gasteiger partial charge on any atom is 0.309 e. The molecule has 7 nitrogen and oxygen atoms in total. The first-order valence-corrected chi connectivity index (χ1v) is 8.44. The second-order valence-corrected chi connectivity index (χ2v) is 6.60. The number of hydrogen-bond donors (Lipinski definition) is 2. The molecule has 0 saturated carbocycles. The van der Waals surface area contributed by atoms with Gasteiger partial charge in [-0.1, -0.05) is 6.92 Å². The standard InChI is InChI=1S/C12H24N2O5S/c1-3-11(15)9-13-20(17,18)14-7-5-10(6-8-14)12(16)19-4-2/h10-11,13,15H,3-9H2,1-2H3. The number of nitrogens with one attached hydrogen (secondary N) is 1. The molecule has 0 aromatic carbocycles. The largest absolute Gasteiger partial charge is 0.466 e. The molecule has 1 unspecified atom stereocenters. The van der Waals surface area contributed by atoms with E-state index in [0.29, 0.717) is 39.0 Å². The van der Waals surface area contributed by atoms with E-state index in [9.17, 15) is 18.3 Å². The Balaban J connectivity index is 2.45. The summed E-state index contributed by atoms with van der Waals surface area (Å²) in [7, 11) is -3.58. The summed E-state index contributed by atoms with van der Waals surface area (Å²) in [5.74, 6) is -0.471. The van der Waals surface area contributed by atoms with E-state index in [4.69, 9.17) is 4.74 Å². The van der Waals surface area contributed by atoms with E-state index in [0.717, 1.165) is 0 Å². The third-order valence-corrected chi connectivity index (χ3v) is 4.96. The fraction of sp³-hybridized carbons (Fsp3) is 0.917. The van der Waals surface area contributed by atoms with Gasteiger partial charge >= 0.3 is 5.97 Å². The van der Waals surface area contributed by atoms with Crippen LogP contribution in [0.5, 0.6) is 0 Å². The second-order valence-electron chi connectivity index (χ2n) is 4.84. The van der Waals surface area contributed by atoms with Crippen LogP contribution >= 0.6 is 0 Å². The number of piperidine rings is 1. The van der Waals surface area contributed by atoms with Crippen molar-refractivity contribution in [3.05, 3.63) is 0 Å². The maximum atomic E-state index is 12.0. The van der Waals surface area contributed by atoms with Crippen LogP contribution in [-0.2, 0) is 19.7 Å². The lowest BCUT2D eigenvalue weighted by molar-refractivity contribution is -0.149. The fourth-order valence-corrected chi connectivity index (χ4v) is 3.31. The lowest BCUT2D eigenvalue weighted by Gasteiger charge is -2.30. The Morgan fingerprint density at radius 1 is 1.40 bits per heavy atom. The Morgan fingerprint density at radius 3 is 2.50 bits per heavy atom. The Morgan fingerprint density at radius 2 is 2.00 bits per heavy atom. The van der Waals surface area contributed by atoms with E-state index in [1.807, 2.05) is 0 Å². The molecule has 1 atom stereocenters. The van der Waals surface area contributed by atoms with E-state index >= 15 is 0 Å². The van der Waals surface area contributed by atoms with Gasteiger partial charge in [0.05, 0.1) is 18.6 Å². The molecule has 0 bridgehead atoms. The Bertz CT molecular complexity index is 404. The molecule has 1 fully saturated rings. The Kier molecular flexibility index (Phi) is 6.87. The lowest BCUT2D eigenvalue weighted by Crippen LogP contribution is -2.47. The summed E-state index contributed by atoms with van der Waals surface area (Å²) in [6.45, 7) is 4.47. The summed E-state index contributed by atoms with van der Waals surface area (Å²) in [5.41, 5.74) is 0. The third-order valence-electron chi connectivity index (χ3n) is 3.39. The van der Waals surface area contributed by atoms with Gasteiger partial charge in [0.25, 0.3) is 10.2 Å². The minimum absolute atomic E-state index is 0.0106. The van der Waals surface area contributed by atoms with Gasteiger partial charge in [-0.15, -0.1) is 0 Å². The summed E-state index contributed by atoms with van der Waals surface area (Å²) < 4.78 is 32.6. The van der Waals surface area contributed by atoms with Gasteiger partial charge in [-0.05, 0) is 26.2 Å². The predicted octanol–water partition coefficient (Wildman–Crippen LogP) is -0.133. The van der Waals surface area contributed by atoms with Crippen molar-refractivity contribution in [2.45, 2.75) is 39.2 Å². The quantitative estimate of drug-likeness (QED) is 0.639. The van der Waals surface area contributed by atoms with Gasteiger partial charge in [0.15, 0.2) is 0 Å². The predicted molar refractivity (Wildman–Crippen MR) is 74.2 cm³/mol. The van der Waals surface area contributed by atoms with Crippen LogP contribution in [0.4, 0.5) is 0 Å². The van der Waals surface area contributed by atoms with Crippen molar-refractivity contribution in [1.29, 1.82) is 0 Å². The zero-order valence-corrected chi connectivity index (χ0v) is 12.9. The third kappa shape index (κ3) is 5.01. The van der Waals surface area contributed by atoms with Crippen LogP contribution in [0.1, 0.15) is 33.1 Å². The number of ether oxygens (including phenoxy) is 1. The van der Waals surface area contributed by atoms with Gasteiger partial charge in [-0.3, -0.25) is 4.79 Å². The first-order valence-electron chi connectivity index (χ1n) is 7.00. The highest BCUT2D eigenvalue weighted by Crippen LogP contribution is 2.20. The van der Waals surface area contributed by atoms with Crippen molar-refractivity contribution in [3.63, 3.8) is 0 Å². The molecule has 0 aromatic rings. The number of carbonyl (C=O) groups is 1. The van der Waals surface area contributed by atoms with Crippen LogP contribution < -0.4 is 4.72 Å². The summed E-state index contributed by atoms with van der Waals surface area (Å²) in [6, 6.07) is 0. The molecule has 0 spiro atoms. The van der Waals surface area contributed by atoms with E-state index in [2.05, 4.69) is 4.72 Å². The molecule has 20 heavy (non-hydrogen) atoms. The fourth-order valence-electron chi connectivity index (χ4n) is 2.03. The van der Waals surface area contributed by atoms with Crippen molar-refractivity contribution < 1.29 is 23.1 Å². The highest BCUT2D eigenvalue weighted by Gasteiger charge is 2.31.